The number of nitrogens with one attached hydrogen (secondary N) is 1. The monoisotopic (exact) mass is 388 g/mol. The van der Waals surface area contributed by atoms with Gasteiger partial charge in [0.05, 0.1) is 23.6 Å². The average molecular weight is 388 g/mol. The predicted molar refractivity (Wildman–Crippen MR) is 103 cm³/mol. The van der Waals surface area contributed by atoms with Gasteiger partial charge in [0.15, 0.2) is 5.78 Å². The highest BCUT2D eigenvalue weighted by molar-refractivity contribution is 7.16. The van der Waals surface area contributed by atoms with Crippen molar-refractivity contribution in [2.45, 2.75) is 32.6 Å². The number of nitro groups is 1. The minimum atomic E-state index is -0.531. The number of carbonyl (C=O) groups is 2. The second kappa shape index (κ2) is 8.30. The van der Waals surface area contributed by atoms with Crippen LogP contribution in [0.2, 0.25) is 0 Å². The Labute approximate surface area is 160 Å². The molecule has 3 rings (SSSR count). The summed E-state index contributed by atoms with van der Waals surface area (Å²) in [5, 5.41) is 14.6. The maximum Gasteiger partial charge on any atom is 0.341 e. The number of anilines is 1. The smallest absolute Gasteiger partial charge is 0.341 e. The lowest BCUT2D eigenvalue weighted by atomic mass is 9.95. The molecular weight excluding hydrogens is 368 g/mol. The number of fused-ring (bicyclic) bond motifs is 1. The number of rotatable bonds is 7. The zero-order valence-electron chi connectivity index (χ0n) is 14.9. The van der Waals surface area contributed by atoms with Crippen LogP contribution in [0.4, 0.5) is 10.7 Å². The van der Waals surface area contributed by atoms with Crippen molar-refractivity contribution in [1.82, 2.24) is 0 Å². The van der Waals surface area contributed by atoms with Gasteiger partial charge in [0.1, 0.15) is 5.00 Å². The van der Waals surface area contributed by atoms with Gasteiger partial charge >= 0.3 is 5.97 Å². The van der Waals surface area contributed by atoms with Gasteiger partial charge in [-0.05, 0) is 38.2 Å². The highest BCUT2D eigenvalue weighted by atomic mass is 32.1. The molecule has 0 radical (unpaired) electrons. The number of Topliss-reactive ketones (excluding diaryl/α,β-unsaturated/α-hetero) is 1. The molecule has 0 atom stereocenters. The molecule has 0 amide bonds. The van der Waals surface area contributed by atoms with E-state index in [4.69, 9.17) is 4.74 Å². The first kappa shape index (κ1) is 19.0. The number of ether oxygens (including phenoxy) is 1. The number of non-ortho nitro benzene ring substituents is 1. The number of aryl methyl sites for hydroxylation is 1. The minimum Gasteiger partial charge on any atom is -0.462 e. The van der Waals surface area contributed by atoms with E-state index >= 15 is 0 Å². The number of ketones is 1. The van der Waals surface area contributed by atoms with Gasteiger partial charge in [-0.15, -0.1) is 11.3 Å². The van der Waals surface area contributed by atoms with Gasteiger partial charge in [0.2, 0.25) is 0 Å². The maximum atomic E-state index is 12.4. The molecule has 8 heteroatoms. The van der Waals surface area contributed by atoms with Gasteiger partial charge in [-0.3, -0.25) is 14.9 Å². The first-order valence-corrected chi connectivity index (χ1v) is 9.66. The van der Waals surface area contributed by atoms with Crippen molar-refractivity contribution in [3.05, 3.63) is 55.9 Å². The summed E-state index contributed by atoms with van der Waals surface area (Å²) < 4.78 is 5.19. The van der Waals surface area contributed by atoms with Gasteiger partial charge in [-0.1, -0.05) is 12.1 Å². The zero-order chi connectivity index (χ0) is 19.4. The van der Waals surface area contributed by atoms with E-state index in [9.17, 15) is 19.7 Å². The molecule has 1 aliphatic rings. The fourth-order valence-corrected chi connectivity index (χ4v) is 4.44. The molecule has 27 heavy (non-hydrogen) atoms. The molecule has 0 spiro atoms. The Morgan fingerprint density at radius 3 is 2.81 bits per heavy atom. The van der Waals surface area contributed by atoms with Crippen LogP contribution in [-0.4, -0.2) is 29.8 Å². The molecule has 0 aliphatic heterocycles. The Balaban J connectivity index is 1.80. The highest BCUT2D eigenvalue weighted by Gasteiger charge is 2.26. The molecule has 7 nitrogen and oxygen atoms in total. The maximum absolute atomic E-state index is 12.4. The average Bonchev–Trinajstić information content (AvgIpc) is 3.04. The van der Waals surface area contributed by atoms with E-state index in [1.54, 1.807) is 13.0 Å². The van der Waals surface area contributed by atoms with Crippen molar-refractivity contribution < 1.29 is 19.2 Å². The van der Waals surface area contributed by atoms with Crippen molar-refractivity contribution in [3.8, 4) is 0 Å². The third kappa shape index (κ3) is 4.16. The number of hydrogen-bond acceptors (Lipinski definition) is 7. The first-order chi connectivity index (χ1) is 13.0. The fraction of sp³-hybridized carbons (Fsp3) is 0.368. The van der Waals surface area contributed by atoms with Crippen LogP contribution < -0.4 is 5.32 Å². The molecule has 1 aliphatic carbocycles. The van der Waals surface area contributed by atoms with Crippen LogP contribution in [0.5, 0.6) is 0 Å². The number of carbonyl (C=O) groups excluding carboxylic acids is 2. The second-order valence-electron chi connectivity index (χ2n) is 6.22. The summed E-state index contributed by atoms with van der Waals surface area (Å²) >= 11 is 1.49. The minimum absolute atomic E-state index is 0.0486. The van der Waals surface area contributed by atoms with Crippen LogP contribution in [0.25, 0.3) is 0 Å². The fourth-order valence-electron chi connectivity index (χ4n) is 3.17. The SMILES string of the molecule is CCOC(=O)c1c(NCC(=O)c2cccc([N+](=O)[O-])c2)sc2c1CCCC2. The van der Waals surface area contributed by atoms with E-state index < -0.39 is 4.92 Å². The third-order valence-corrected chi connectivity index (χ3v) is 5.69. The Kier molecular flexibility index (Phi) is 5.85. The lowest BCUT2D eigenvalue weighted by molar-refractivity contribution is -0.384. The van der Waals surface area contributed by atoms with Crippen molar-refractivity contribution >= 4 is 33.8 Å². The van der Waals surface area contributed by atoms with Gasteiger partial charge in [-0.2, -0.15) is 0 Å². The van der Waals surface area contributed by atoms with Crippen LogP contribution >= 0.6 is 11.3 Å². The number of hydrogen-bond donors (Lipinski definition) is 1. The Morgan fingerprint density at radius 2 is 2.07 bits per heavy atom. The van der Waals surface area contributed by atoms with E-state index in [1.807, 2.05) is 0 Å². The summed E-state index contributed by atoms with van der Waals surface area (Å²) in [6, 6.07) is 5.63. The van der Waals surface area contributed by atoms with Gasteiger partial charge in [-0.25, -0.2) is 4.79 Å². The Morgan fingerprint density at radius 1 is 1.30 bits per heavy atom. The summed E-state index contributed by atoms with van der Waals surface area (Å²) in [6.07, 6.45) is 3.87. The normalized spacial score (nSPS) is 12.9. The number of esters is 1. The molecule has 1 aromatic heterocycles. The van der Waals surface area contributed by atoms with Crippen LogP contribution in [0.1, 0.15) is 50.9 Å². The summed E-state index contributed by atoms with van der Waals surface area (Å²) in [4.78, 5) is 36.4. The summed E-state index contributed by atoms with van der Waals surface area (Å²) in [5.41, 5.74) is 1.69. The van der Waals surface area contributed by atoms with Crippen molar-refractivity contribution in [3.63, 3.8) is 0 Å². The van der Waals surface area contributed by atoms with Crippen molar-refractivity contribution in [1.29, 1.82) is 0 Å². The largest absolute Gasteiger partial charge is 0.462 e. The molecule has 1 heterocycles. The molecule has 0 bridgehead atoms. The molecule has 142 valence electrons. The second-order valence-corrected chi connectivity index (χ2v) is 7.32. The van der Waals surface area contributed by atoms with E-state index in [2.05, 4.69) is 5.32 Å². The zero-order valence-corrected chi connectivity index (χ0v) is 15.8. The molecule has 2 aromatic rings. The van der Waals surface area contributed by atoms with Crippen molar-refractivity contribution in [2.75, 3.05) is 18.5 Å². The van der Waals surface area contributed by atoms with E-state index in [0.717, 1.165) is 36.1 Å². The van der Waals surface area contributed by atoms with E-state index in [-0.39, 0.29) is 36.2 Å². The molecule has 0 saturated heterocycles. The van der Waals surface area contributed by atoms with Gasteiger partial charge < -0.3 is 10.1 Å². The van der Waals surface area contributed by atoms with Crippen molar-refractivity contribution in [2.24, 2.45) is 0 Å². The van der Waals surface area contributed by atoms with Gasteiger partial charge in [0, 0.05) is 22.6 Å². The van der Waals surface area contributed by atoms with Crippen LogP contribution in [0, 0.1) is 10.1 Å². The summed E-state index contributed by atoms with van der Waals surface area (Å²) in [6.45, 7) is 2.00. The molecule has 1 aromatic carbocycles. The standard InChI is InChI=1S/C19H20N2O5S/c1-2-26-19(23)17-14-8-3-4-9-16(14)27-18(17)20-11-15(22)12-6-5-7-13(10-12)21(24)25/h5-7,10,20H,2-4,8-9,11H2,1H3. The molecule has 0 saturated carbocycles. The summed E-state index contributed by atoms with van der Waals surface area (Å²) in [7, 11) is 0. The Hall–Kier alpha value is -2.74. The van der Waals surface area contributed by atoms with Gasteiger partial charge in [0.25, 0.3) is 5.69 Å². The highest BCUT2D eigenvalue weighted by Crippen LogP contribution is 2.38. The third-order valence-electron chi connectivity index (χ3n) is 4.44. The van der Waals surface area contributed by atoms with Crippen LogP contribution in [0.3, 0.4) is 0 Å². The van der Waals surface area contributed by atoms with Crippen LogP contribution in [0.15, 0.2) is 24.3 Å². The number of nitrogens with zero attached hydrogens (tertiary/aromatic N) is 1. The number of benzene rings is 1. The van der Waals surface area contributed by atoms with E-state index in [0.29, 0.717) is 10.6 Å². The predicted octanol–water partition coefficient (Wildman–Crippen LogP) is 4.01. The summed E-state index contributed by atoms with van der Waals surface area (Å²) in [5.74, 6) is -0.651. The molecule has 0 unspecified atom stereocenters. The molecule has 1 N–H and O–H groups in total. The lowest BCUT2D eigenvalue weighted by Gasteiger charge is -2.12. The molecule has 0 fully saturated rings. The lowest BCUT2D eigenvalue weighted by Crippen LogP contribution is -2.16. The Bertz CT molecular complexity index is 890. The number of nitro benzene ring substituents is 1. The molecular formula is C19H20N2O5S. The van der Waals surface area contributed by atoms with E-state index in [1.165, 1.54) is 29.5 Å². The topological polar surface area (TPSA) is 98.5 Å². The quantitative estimate of drug-likeness (QED) is 0.333. The number of thiophene rings is 1. The first-order valence-electron chi connectivity index (χ1n) is 8.84. The van der Waals surface area contributed by atoms with Crippen LogP contribution in [-0.2, 0) is 17.6 Å².